The van der Waals surface area contributed by atoms with Crippen LogP contribution in [0.25, 0.3) is 0 Å². The molecule has 1 heterocycles. The number of hydrogen-bond donors (Lipinski definition) is 1. The van der Waals surface area contributed by atoms with Crippen molar-refractivity contribution in [2.45, 2.75) is 32.7 Å². The number of ether oxygens (including phenoxy) is 2. The van der Waals surface area contributed by atoms with Crippen LogP contribution in [0.4, 0.5) is 5.82 Å². The quantitative estimate of drug-likeness (QED) is 0.396. The predicted molar refractivity (Wildman–Crippen MR) is 93.4 cm³/mol. The van der Waals surface area contributed by atoms with Gasteiger partial charge in [0.15, 0.2) is 0 Å². The van der Waals surface area contributed by atoms with Gasteiger partial charge < -0.3 is 24.9 Å². The predicted octanol–water partition coefficient (Wildman–Crippen LogP) is 1.19. The van der Waals surface area contributed by atoms with Gasteiger partial charge in [0.1, 0.15) is 18.5 Å². The fourth-order valence-electron chi connectivity index (χ4n) is 2.48. The Balaban J connectivity index is 2.17. The molecule has 27 heavy (non-hydrogen) atoms. The maximum atomic E-state index is 11.9. The minimum atomic E-state index is -1.07. The third-order valence-electron chi connectivity index (χ3n) is 3.70. The fourth-order valence-corrected chi connectivity index (χ4v) is 2.48. The number of nitrogens with one attached hydrogen (secondary N) is 1. The molecule has 0 radical (unpaired) electrons. The smallest absolute Gasteiger partial charge is 0.384 e. The monoisotopic (exact) mass is 376 g/mol. The number of benzene rings is 1. The largest absolute Gasteiger partial charge is 0.467 e. The van der Waals surface area contributed by atoms with E-state index in [1.807, 2.05) is 30.3 Å². The zero-order chi connectivity index (χ0) is 19.8. The van der Waals surface area contributed by atoms with E-state index in [0.29, 0.717) is 6.61 Å². The molecule has 0 bridgehead atoms. The van der Waals surface area contributed by atoms with Crippen molar-refractivity contribution >= 4 is 17.7 Å². The number of esters is 1. The van der Waals surface area contributed by atoms with Gasteiger partial charge in [-0.25, -0.2) is 4.79 Å². The second kappa shape index (κ2) is 9.43. The van der Waals surface area contributed by atoms with Gasteiger partial charge in [-0.1, -0.05) is 30.3 Å². The van der Waals surface area contributed by atoms with E-state index in [9.17, 15) is 19.7 Å². The fraction of sp³-hybridized carbons (Fsp3) is 0.353. The summed E-state index contributed by atoms with van der Waals surface area (Å²) in [5, 5.41) is 13.7. The lowest BCUT2D eigenvalue weighted by Crippen LogP contribution is -2.42. The van der Waals surface area contributed by atoms with Crippen molar-refractivity contribution in [1.29, 1.82) is 0 Å². The molecular weight excluding hydrogens is 356 g/mol. The highest BCUT2D eigenvalue weighted by atomic mass is 16.6. The van der Waals surface area contributed by atoms with Crippen LogP contribution in [0.1, 0.15) is 18.2 Å². The molecule has 144 valence electrons. The van der Waals surface area contributed by atoms with Crippen LogP contribution in [0, 0.1) is 10.1 Å². The summed E-state index contributed by atoms with van der Waals surface area (Å²) >= 11 is 0. The van der Waals surface area contributed by atoms with E-state index < -0.39 is 28.7 Å². The van der Waals surface area contributed by atoms with Gasteiger partial charge in [-0.05, 0) is 15.5 Å². The van der Waals surface area contributed by atoms with Gasteiger partial charge in [-0.2, -0.15) is 0 Å². The van der Waals surface area contributed by atoms with Crippen LogP contribution in [-0.2, 0) is 38.8 Å². The second-order valence-electron chi connectivity index (χ2n) is 5.69. The Morgan fingerprint density at radius 2 is 2.04 bits per heavy atom. The third-order valence-corrected chi connectivity index (χ3v) is 3.70. The number of hydrogen-bond acceptors (Lipinski definition) is 7. The van der Waals surface area contributed by atoms with E-state index >= 15 is 0 Å². The van der Waals surface area contributed by atoms with Crippen LogP contribution in [0.5, 0.6) is 0 Å². The molecule has 2 rings (SSSR count). The highest BCUT2D eigenvalue weighted by Gasteiger charge is 2.29. The molecule has 1 N–H and O–H groups in total. The molecule has 1 aromatic heterocycles. The Hall–Kier alpha value is -3.27. The Bertz CT molecular complexity index is 805. The summed E-state index contributed by atoms with van der Waals surface area (Å²) in [5.74, 6) is -1.57. The summed E-state index contributed by atoms with van der Waals surface area (Å²) in [7, 11) is 1.17. The number of aromatic nitrogens is 2. The van der Waals surface area contributed by atoms with E-state index in [1.54, 1.807) is 0 Å². The summed E-state index contributed by atoms with van der Waals surface area (Å²) in [5.41, 5.74) is 1.09. The number of amides is 1. The number of nitrogens with zero attached hydrogens (tertiary/aromatic N) is 3. The number of imidazole rings is 1. The first-order chi connectivity index (χ1) is 12.9. The molecule has 0 aliphatic carbocycles. The molecule has 1 unspecified atom stereocenters. The molecule has 0 saturated heterocycles. The van der Waals surface area contributed by atoms with Crippen molar-refractivity contribution in [3.63, 3.8) is 0 Å². The molecule has 0 saturated carbocycles. The minimum absolute atomic E-state index is 0.000961. The first kappa shape index (κ1) is 20.0. The van der Waals surface area contributed by atoms with E-state index in [0.717, 1.165) is 5.56 Å². The minimum Gasteiger partial charge on any atom is -0.467 e. The first-order valence-corrected chi connectivity index (χ1v) is 8.07. The van der Waals surface area contributed by atoms with Crippen LogP contribution in [0.3, 0.4) is 0 Å². The van der Waals surface area contributed by atoms with E-state index in [2.05, 4.69) is 15.0 Å². The van der Waals surface area contributed by atoms with Gasteiger partial charge in [0.05, 0.1) is 13.7 Å². The standard InChI is InChI=1S/C17H20N4O6/c1-12(22)19-14(17(23)26-2)8-15-16(21(24)25)18-10-20(15)11-27-9-13-6-4-3-5-7-13/h3-7,10,14H,8-9,11H2,1-2H3,(H,19,22). The van der Waals surface area contributed by atoms with Crippen LogP contribution in [0.2, 0.25) is 0 Å². The Labute approximate surface area is 155 Å². The summed E-state index contributed by atoms with van der Waals surface area (Å²) in [6.45, 7) is 1.54. The highest BCUT2D eigenvalue weighted by Crippen LogP contribution is 2.19. The maximum absolute atomic E-state index is 11.9. The van der Waals surface area contributed by atoms with Crippen LogP contribution < -0.4 is 5.32 Å². The Morgan fingerprint density at radius 1 is 1.33 bits per heavy atom. The lowest BCUT2D eigenvalue weighted by atomic mass is 10.1. The Morgan fingerprint density at radius 3 is 2.63 bits per heavy atom. The normalized spacial score (nSPS) is 11.6. The van der Waals surface area contributed by atoms with Crippen molar-refractivity contribution in [1.82, 2.24) is 14.9 Å². The zero-order valence-corrected chi connectivity index (χ0v) is 15.0. The van der Waals surface area contributed by atoms with Crippen molar-refractivity contribution in [3.8, 4) is 0 Å². The lowest BCUT2D eigenvalue weighted by molar-refractivity contribution is -0.390. The SMILES string of the molecule is COC(=O)C(Cc1c([N+](=O)[O-])ncn1COCc1ccccc1)NC(C)=O. The second-order valence-corrected chi connectivity index (χ2v) is 5.69. The van der Waals surface area contributed by atoms with Crippen molar-refractivity contribution < 1.29 is 24.0 Å². The average molecular weight is 376 g/mol. The summed E-state index contributed by atoms with van der Waals surface area (Å²) in [4.78, 5) is 37.6. The van der Waals surface area contributed by atoms with E-state index in [1.165, 1.54) is 24.9 Å². The Kier molecular flexibility index (Phi) is 7.00. The number of rotatable bonds is 9. The first-order valence-electron chi connectivity index (χ1n) is 8.07. The van der Waals surface area contributed by atoms with Gasteiger partial charge in [-0.3, -0.25) is 9.36 Å². The molecule has 0 aliphatic rings. The lowest BCUT2D eigenvalue weighted by Gasteiger charge is -2.16. The molecule has 0 spiro atoms. The van der Waals surface area contributed by atoms with Crippen LogP contribution in [-0.4, -0.2) is 39.5 Å². The van der Waals surface area contributed by atoms with E-state index in [-0.39, 0.29) is 18.8 Å². The third kappa shape index (κ3) is 5.61. The average Bonchev–Trinajstić information content (AvgIpc) is 3.04. The van der Waals surface area contributed by atoms with Crippen molar-refractivity contribution in [2.75, 3.05) is 7.11 Å². The molecule has 1 atom stereocenters. The number of methoxy groups -OCH3 is 1. The molecule has 1 amide bonds. The number of nitro groups is 1. The molecule has 0 aliphatic heterocycles. The van der Waals surface area contributed by atoms with Gasteiger partial charge in [0.2, 0.25) is 12.2 Å². The topological polar surface area (TPSA) is 126 Å². The van der Waals surface area contributed by atoms with Gasteiger partial charge in [0, 0.05) is 13.3 Å². The van der Waals surface area contributed by atoms with Crippen LogP contribution in [0.15, 0.2) is 36.7 Å². The molecule has 10 nitrogen and oxygen atoms in total. The van der Waals surface area contributed by atoms with Crippen LogP contribution >= 0.6 is 0 Å². The molecular formula is C17H20N4O6. The maximum Gasteiger partial charge on any atom is 0.384 e. The molecule has 0 fully saturated rings. The van der Waals surface area contributed by atoms with Gasteiger partial charge in [-0.15, -0.1) is 0 Å². The van der Waals surface area contributed by atoms with Crippen molar-refractivity contribution in [2.24, 2.45) is 0 Å². The molecule has 1 aromatic carbocycles. The summed E-state index contributed by atoms with van der Waals surface area (Å²) in [6, 6.07) is 8.34. The molecule has 10 heteroatoms. The number of carbonyl (C=O) groups excluding carboxylic acids is 2. The zero-order valence-electron chi connectivity index (χ0n) is 15.0. The summed E-state index contributed by atoms with van der Waals surface area (Å²) < 4.78 is 11.7. The van der Waals surface area contributed by atoms with Gasteiger partial charge in [0.25, 0.3) is 0 Å². The summed E-state index contributed by atoms with van der Waals surface area (Å²) in [6.07, 6.45) is 1.11. The molecule has 2 aromatic rings. The van der Waals surface area contributed by atoms with E-state index in [4.69, 9.17) is 4.74 Å². The van der Waals surface area contributed by atoms with Gasteiger partial charge >= 0.3 is 11.8 Å². The number of carbonyl (C=O) groups is 2. The van der Waals surface area contributed by atoms with Crippen molar-refractivity contribution in [3.05, 3.63) is 58.0 Å². The highest BCUT2D eigenvalue weighted by molar-refractivity contribution is 5.83.